The van der Waals surface area contributed by atoms with Crippen LogP contribution in [0.15, 0.2) is 58.4 Å². The molecule has 1 fully saturated rings. The van der Waals surface area contributed by atoms with Crippen LogP contribution in [-0.4, -0.2) is 54.6 Å². The van der Waals surface area contributed by atoms with Gasteiger partial charge in [-0.3, -0.25) is 19.8 Å². The lowest BCUT2D eigenvalue weighted by Gasteiger charge is -2.37. The largest absolute Gasteiger partial charge is 0.444 e. The predicted octanol–water partition coefficient (Wildman–Crippen LogP) is 4.36. The molecule has 10 nitrogen and oxygen atoms in total. The van der Waals surface area contributed by atoms with E-state index in [1.807, 2.05) is 44.2 Å². The summed E-state index contributed by atoms with van der Waals surface area (Å²) in [5.41, 5.74) is -0.00155. The molecule has 3 amide bonds. The molecule has 11 heteroatoms. The van der Waals surface area contributed by atoms with Gasteiger partial charge in [-0.05, 0) is 82.7 Å². The van der Waals surface area contributed by atoms with Crippen LogP contribution in [0.1, 0.15) is 81.4 Å². The normalized spacial score (nSPS) is 20.2. The molecule has 1 saturated carbocycles. The Morgan fingerprint density at radius 2 is 1.80 bits per heavy atom. The number of amides is 3. The van der Waals surface area contributed by atoms with E-state index in [1.54, 1.807) is 26.8 Å². The van der Waals surface area contributed by atoms with Crippen LogP contribution in [0.3, 0.4) is 0 Å². The van der Waals surface area contributed by atoms with Crippen molar-refractivity contribution < 1.29 is 27.5 Å². The number of nitrogens with zero attached hydrogens (tertiary/aromatic N) is 2. The fraction of sp³-hybridized carbons (Fsp3) is 0.467. The molecule has 0 aromatic heterocycles. The van der Waals surface area contributed by atoms with Gasteiger partial charge in [-0.15, -0.1) is 0 Å². The second-order valence-electron chi connectivity index (χ2n) is 12.1. The molecular formula is C30H38N4O6S. The number of carbonyl (C=O) groups is 3. The third kappa shape index (κ3) is 7.72. The summed E-state index contributed by atoms with van der Waals surface area (Å²) in [6, 6.07) is 13.4. The standard InChI is InChI=1S/C30H38N4O6S/c1-19(21-10-8-7-9-11-21)31-26(36)22-14-20(15-24(16-22)41(6,38)39)18-34-25(35)17-30(5,23-12-13-23)33-27(34)32-28(37)40-29(2,3)4/h7-11,14-16,19,23H,12-13,17-18H2,1-6H3,(H,31,36)(H,32,33,37)/t19-,30-/m0/s1. The maximum atomic E-state index is 13.5. The maximum Gasteiger partial charge on any atom is 0.414 e. The lowest BCUT2D eigenvalue weighted by atomic mass is 9.90. The van der Waals surface area contributed by atoms with E-state index in [-0.39, 0.29) is 47.3 Å². The smallest absolute Gasteiger partial charge is 0.414 e. The number of ether oxygens (including phenoxy) is 1. The molecule has 1 heterocycles. The van der Waals surface area contributed by atoms with Crippen LogP contribution in [-0.2, 0) is 25.9 Å². The Bertz CT molecular complexity index is 1480. The molecule has 220 valence electrons. The molecule has 2 aromatic carbocycles. The zero-order valence-electron chi connectivity index (χ0n) is 24.4. The highest BCUT2D eigenvalue weighted by Gasteiger charge is 2.47. The lowest BCUT2D eigenvalue weighted by Crippen LogP contribution is -2.54. The number of nitrogens with one attached hydrogen (secondary N) is 2. The first kappa shape index (κ1) is 30.2. The summed E-state index contributed by atoms with van der Waals surface area (Å²) in [4.78, 5) is 45.5. The van der Waals surface area contributed by atoms with Crippen molar-refractivity contribution >= 4 is 33.7 Å². The highest BCUT2D eigenvalue weighted by molar-refractivity contribution is 7.90. The lowest BCUT2D eigenvalue weighted by molar-refractivity contribution is -0.130. The Morgan fingerprint density at radius 1 is 1.15 bits per heavy atom. The molecule has 2 atom stereocenters. The summed E-state index contributed by atoms with van der Waals surface area (Å²) in [5, 5.41) is 5.54. The fourth-order valence-corrected chi connectivity index (χ4v) is 5.55. The molecule has 1 aliphatic heterocycles. The Labute approximate surface area is 241 Å². The van der Waals surface area contributed by atoms with Gasteiger partial charge in [0, 0.05) is 11.8 Å². The second-order valence-corrected chi connectivity index (χ2v) is 14.1. The van der Waals surface area contributed by atoms with Crippen LogP contribution < -0.4 is 10.6 Å². The average Bonchev–Trinajstić information content (AvgIpc) is 3.71. The minimum absolute atomic E-state index is 0.0401. The molecule has 0 bridgehead atoms. The zero-order chi connectivity index (χ0) is 30.2. The molecule has 0 spiro atoms. The van der Waals surface area contributed by atoms with Crippen LogP contribution >= 0.6 is 0 Å². The van der Waals surface area contributed by atoms with Gasteiger partial charge in [0.15, 0.2) is 9.84 Å². The summed E-state index contributed by atoms with van der Waals surface area (Å²) < 4.78 is 30.5. The number of rotatable bonds is 7. The summed E-state index contributed by atoms with van der Waals surface area (Å²) in [7, 11) is -3.69. The number of hydrogen-bond acceptors (Lipinski definition) is 7. The number of guanidine groups is 1. The van der Waals surface area contributed by atoms with Crippen molar-refractivity contribution in [2.24, 2.45) is 10.9 Å². The fourth-order valence-electron chi connectivity index (χ4n) is 4.84. The topological polar surface area (TPSA) is 134 Å². The molecule has 2 N–H and O–H groups in total. The van der Waals surface area contributed by atoms with Crippen molar-refractivity contribution in [2.45, 2.75) is 82.5 Å². The van der Waals surface area contributed by atoms with Crippen LogP contribution in [0, 0.1) is 5.92 Å². The van der Waals surface area contributed by atoms with Crippen LogP contribution in [0.5, 0.6) is 0 Å². The third-order valence-corrected chi connectivity index (χ3v) is 8.23. The quantitative estimate of drug-likeness (QED) is 0.498. The van der Waals surface area contributed by atoms with Gasteiger partial charge in [-0.2, -0.15) is 0 Å². The first-order valence-corrected chi connectivity index (χ1v) is 15.5. The predicted molar refractivity (Wildman–Crippen MR) is 155 cm³/mol. The number of benzene rings is 2. The van der Waals surface area contributed by atoms with E-state index in [4.69, 9.17) is 9.73 Å². The van der Waals surface area contributed by atoms with Crippen molar-refractivity contribution in [1.82, 2.24) is 15.5 Å². The molecule has 2 aromatic rings. The van der Waals surface area contributed by atoms with Gasteiger partial charge in [-0.1, -0.05) is 30.3 Å². The van der Waals surface area contributed by atoms with E-state index < -0.39 is 33.0 Å². The van der Waals surface area contributed by atoms with Crippen molar-refractivity contribution in [3.63, 3.8) is 0 Å². The highest BCUT2D eigenvalue weighted by atomic mass is 32.2. The van der Waals surface area contributed by atoms with Gasteiger partial charge >= 0.3 is 6.09 Å². The molecular weight excluding hydrogens is 544 g/mol. The van der Waals surface area contributed by atoms with Crippen molar-refractivity contribution in [1.29, 1.82) is 0 Å². The Hall–Kier alpha value is -3.73. The molecule has 41 heavy (non-hydrogen) atoms. The van der Waals surface area contributed by atoms with E-state index in [1.165, 1.54) is 17.0 Å². The number of hydrogen-bond donors (Lipinski definition) is 2. The molecule has 1 aliphatic carbocycles. The summed E-state index contributed by atoms with van der Waals surface area (Å²) >= 11 is 0. The van der Waals surface area contributed by atoms with E-state index in [9.17, 15) is 22.8 Å². The number of carbonyl (C=O) groups excluding carboxylic acids is 3. The van der Waals surface area contributed by atoms with Crippen LogP contribution in [0.2, 0.25) is 0 Å². The van der Waals surface area contributed by atoms with Gasteiger partial charge in [0.25, 0.3) is 5.91 Å². The van der Waals surface area contributed by atoms with E-state index in [0.29, 0.717) is 5.56 Å². The van der Waals surface area contributed by atoms with Crippen molar-refractivity contribution in [3.8, 4) is 0 Å². The minimum Gasteiger partial charge on any atom is -0.444 e. The molecule has 0 unspecified atom stereocenters. The molecule has 0 radical (unpaired) electrons. The number of sulfone groups is 1. The van der Waals surface area contributed by atoms with E-state index >= 15 is 0 Å². The highest BCUT2D eigenvalue weighted by Crippen LogP contribution is 2.45. The first-order chi connectivity index (χ1) is 19.0. The van der Waals surface area contributed by atoms with E-state index in [2.05, 4.69) is 10.6 Å². The molecule has 2 aliphatic rings. The first-order valence-electron chi connectivity index (χ1n) is 13.6. The monoisotopic (exact) mass is 582 g/mol. The molecule has 0 saturated heterocycles. The third-order valence-electron chi connectivity index (χ3n) is 7.14. The number of aliphatic imine (C=N–C) groups is 1. The van der Waals surface area contributed by atoms with Gasteiger partial charge in [0.05, 0.1) is 29.4 Å². The van der Waals surface area contributed by atoms with Gasteiger partial charge in [-0.25, -0.2) is 18.2 Å². The van der Waals surface area contributed by atoms with Crippen LogP contribution in [0.25, 0.3) is 0 Å². The zero-order valence-corrected chi connectivity index (χ0v) is 25.2. The SMILES string of the molecule is C[C@H](NC(=O)c1cc(CN2C(=O)C[C@@](C)(C3CC3)N=C2NC(=O)OC(C)(C)C)cc(S(C)(=O)=O)c1)c1ccccc1. The van der Waals surface area contributed by atoms with Gasteiger partial charge < -0.3 is 10.1 Å². The van der Waals surface area contributed by atoms with Crippen molar-refractivity contribution in [2.75, 3.05) is 6.26 Å². The number of alkyl carbamates (subject to hydrolysis) is 1. The van der Waals surface area contributed by atoms with Crippen LogP contribution in [0.4, 0.5) is 4.79 Å². The maximum absolute atomic E-state index is 13.5. The van der Waals surface area contributed by atoms with Gasteiger partial charge in [0.1, 0.15) is 5.60 Å². The van der Waals surface area contributed by atoms with E-state index in [0.717, 1.165) is 24.7 Å². The second kappa shape index (κ2) is 11.3. The molecule has 4 rings (SSSR count). The Kier molecular flexibility index (Phi) is 8.31. The van der Waals surface area contributed by atoms with Crippen molar-refractivity contribution in [3.05, 3.63) is 65.2 Å². The Balaban J connectivity index is 1.66. The Morgan fingerprint density at radius 3 is 2.39 bits per heavy atom. The average molecular weight is 583 g/mol. The minimum atomic E-state index is -3.69. The van der Waals surface area contributed by atoms with Gasteiger partial charge in [0.2, 0.25) is 11.9 Å². The summed E-state index contributed by atoms with van der Waals surface area (Å²) in [5.74, 6) is -0.452. The summed E-state index contributed by atoms with van der Waals surface area (Å²) in [6.45, 7) is 8.82. The summed E-state index contributed by atoms with van der Waals surface area (Å²) in [6.07, 6.45) is 2.34.